The van der Waals surface area contributed by atoms with Crippen LogP contribution in [0.15, 0.2) is 16.9 Å². The van der Waals surface area contributed by atoms with Crippen LogP contribution in [0.2, 0.25) is 0 Å². The van der Waals surface area contributed by atoms with E-state index < -0.39 is 17.3 Å². The number of alkyl halides is 3. The maximum absolute atomic E-state index is 12.8. The summed E-state index contributed by atoms with van der Waals surface area (Å²) in [6, 6.07) is 3.27. The average Bonchev–Trinajstić information content (AvgIpc) is 2.26. The zero-order chi connectivity index (χ0) is 13.7. The molecule has 1 aromatic heterocycles. The van der Waals surface area contributed by atoms with Gasteiger partial charge in [-0.05, 0) is 54.1 Å². The number of pyridine rings is 1. The van der Waals surface area contributed by atoms with E-state index in [4.69, 9.17) is 0 Å². The minimum Gasteiger partial charge on any atom is -0.350 e. The smallest absolute Gasteiger partial charge is 0.350 e. The molecule has 0 unspecified atom stereocenters. The largest absolute Gasteiger partial charge is 0.431 e. The number of rotatable bonds is 0. The van der Waals surface area contributed by atoms with Crippen molar-refractivity contribution >= 4 is 33.5 Å². The molecule has 2 aromatic rings. The highest BCUT2D eigenvalue weighted by molar-refractivity contribution is 14.1. The summed E-state index contributed by atoms with van der Waals surface area (Å²) in [6.45, 7) is 2.88. The van der Waals surface area contributed by atoms with Gasteiger partial charge in [0.2, 0.25) is 0 Å². The Labute approximate surface area is 114 Å². The molecule has 1 aromatic carbocycles. The van der Waals surface area contributed by atoms with Crippen molar-refractivity contribution in [1.29, 1.82) is 0 Å². The Bertz CT molecular complexity index is 688. The van der Waals surface area contributed by atoms with E-state index in [1.54, 1.807) is 19.1 Å². The fraction of sp³-hybridized carbons (Fsp3) is 0.250. The summed E-state index contributed by atoms with van der Waals surface area (Å²) in [5, 5.41) is 0.290. The van der Waals surface area contributed by atoms with Crippen molar-refractivity contribution in [2.75, 3.05) is 0 Å². The zero-order valence-corrected chi connectivity index (χ0v) is 11.7. The van der Waals surface area contributed by atoms with Gasteiger partial charge < -0.3 is 4.98 Å². The van der Waals surface area contributed by atoms with Crippen LogP contribution < -0.4 is 5.43 Å². The van der Waals surface area contributed by atoms with Gasteiger partial charge in [0.15, 0.2) is 5.43 Å². The second-order valence-corrected chi connectivity index (χ2v) is 5.21. The van der Waals surface area contributed by atoms with Crippen LogP contribution >= 0.6 is 22.6 Å². The number of hydrogen-bond donors (Lipinski definition) is 1. The molecule has 2 nitrogen and oxygen atoms in total. The summed E-state index contributed by atoms with van der Waals surface area (Å²) in [5.41, 5.74) is -0.934. The first-order valence-electron chi connectivity index (χ1n) is 5.12. The first-order valence-corrected chi connectivity index (χ1v) is 6.20. The van der Waals surface area contributed by atoms with Crippen molar-refractivity contribution in [3.05, 3.63) is 42.7 Å². The van der Waals surface area contributed by atoms with Gasteiger partial charge in [-0.25, -0.2) is 0 Å². The monoisotopic (exact) mass is 367 g/mol. The number of nitrogens with one attached hydrogen (secondary N) is 1. The lowest BCUT2D eigenvalue weighted by atomic mass is 10.1. The van der Waals surface area contributed by atoms with Crippen molar-refractivity contribution in [3.63, 3.8) is 0 Å². The molecule has 0 aliphatic heterocycles. The standard InChI is InChI=1S/C12H9F3INO/c1-5-8(16)4-3-7-9(5)17-11(12(13,14)15)6(2)10(7)18/h3-4H,1-2H3,(H,17,18). The van der Waals surface area contributed by atoms with E-state index in [0.29, 0.717) is 10.9 Å². The highest BCUT2D eigenvalue weighted by Crippen LogP contribution is 2.31. The summed E-state index contributed by atoms with van der Waals surface area (Å²) in [7, 11) is 0. The fourth-order valence-corrected chi connectivity index (χ4v) is 2.30. The van der Waals surface area contributed by atoms with Crippen molar-refractivity contribution in [2.24, 2.45) is 0 Å². The van der Waals surface area contributed by atoms with Crippen molar-refractivity contribution in [2.45, 2.75) is 20.0 Å². The minimum atomic E-state index is -4.55. The Morgan fingerprint density at radius 3 is 2.33 bits per heavy atom. The number of aryl methyl sites for hydroxylation is 1. The molecule has 0 saturated carbocycles. The number of H-pyrrole nitrogens is 1. The second-order valence-electron chi connectivity index (χ2n) is 4.05. The van der Waals surface area contributed by atoms with Crippen molar-refractivity contribution in [3.8, 4) is 0 Å². The summed E-state index contributed by atoms with van der Waals surface area (Å²) >= 11 is 2.02. The van der Waals surface area contributed by atoms with E-state index in [9.17, 15) is 18.0 Å². The number of fused-ring (bicyclic) bond motifs is 1. The third-order valence-corrected chi connectivity index (χ3v) is 4.06. The molecule has 18 heavy (non-hydrogen) atoms. The SMILES string of the molecule is Cc1c(C(F)(F)F)[nH]c2c(C)c(I)ccc2c1=O. The van der Waals surface area contributed by atoms with Crippen LogP contribution in [0.5, 0.6) is 0 Å². The molecular formula is C12H9F3INO. The number of aromatic nitrogens is 1. The Hall–Kier alpha value is -1.05. The Balaban J connectivity index is 2.99. The molecule has 0 aliphatic rings. The molecular weight excluding hydrogens is 358 g/mol. The Kier molecular flexibility index (Phi) is 3.16. The topological polar surface area (TPSA) is 32.9 Å². The molecule has 0 spiro atoms. The van der Waals surface area contributed by atoms with Gasteiger partial charge in [0.1, 0.15) is 5.69 Å². The normalized spacial score (nSPS) is 12.1. The van der Waals surface area contributed by atoms with Crippen LogP contribution in [0.25, 0.3) is 10.9 Å². The van der Waals surface area contributed by atoms with Gasteiger partial charge in [0, 0.05) is 14.5 Å². The molecule has 0 atom stereocenters. The van der Waals surface area contributed by atoms with Gasteiger partial charge >= 0.3 is 6.18 Å². The molecule has 0 radical (unpaired) electrons. The second kappa shape index (κ2) is 4.25. The zero-order valence-electron chi connectivity index (χ0n) is 9.57. The summed E-state index contributed by atoms with van der Waals surface area (Å²) in [6.07, 6.45) is -4.55. The average molecular weight is 367 g/mol. The number of benzene rings is 1. The maximum Gasteiger partial charge on any atom is 0.431 e. The molecule has 1 heterocycles. The van der Waals surface area contributed by atoms with Crippen LogP contribution in [0.3, 0.4) is 0 Å². The third kappa shape index (κ3) is 2.02. The van der Waals surface area contributed by atoms with Crippen LogP contribution in [0.1, 0.15) is 16.8 Å². The third-order valence-electron chi connectivity index (χ3n) is 2.89. The lowest BCUT2D eigenvalue weighted by Crippen LogP contribution is -2.19. The van der Waals surface area contributed by atoms with Gasteiger partial charge in [0.05, 0.1) is 5.52 Å². The number of aromatic amines is 1. The number of halogens is 4. The molecule has 0 aliphatic carbocycles. The highest BCUT2D eigenvalue weighted by atomic mass is 127. The van der Waals surface area contributed by atoms with E-state index in [0.717, 1.165) is 3.57 Å². The lowest BCUT2D eigenvalue weighted by molar-refractivity contribution is -0.141. The first-order chi connectivity index (χ1) is 8.23. The Morgan fingerprint density at radius 2 is 1.78 bits per heavy atom. The van der Waals surface area contributed by atoms with E-state index in [1.165, 1.54) is 6.92 Å². The van der Waals surface area contributed by atoms with Crippen molar-refractivity contribution in [1.82, 2.24) is 4.98 Å². The van der Waals surface area contributed by atoms with Crippen molar-refractivity contribution < 1.29 is 13.2 Å². The molecule has 0 amide bonds. The molecule has 0 saturated heterocycles. The minimum absolute atomic E-state index is 0.254. The van der Waals surface area contributed by atoms with Crippen LogP contribution in [0, 0.1) is 17.4 Å². The van der Waals surface area contributed by atoms with Crippen LogP contribution in [-0.2, 0) is 6.18 Å². The summed E-state index contributed by atoms with van der Waals surface area (Å²) in [5.74, 6) is 0. The molecule has 96 valence electrons. The van der Waals surface area contributed by atoms with Gasteiger partial charge in [0.25, 0.3) is 0 Å². The van der Waals surface area contributed by atoms with Gasteiger partial charge in [-0.1, -0.05) is 0 Å². The van der Waals surface area contributed by atoms with Gasteiger partial charge in [-0.15, -0.1) is 0 Å². The van der Waals surface area contributed by atoms with Gasteiger partial charge in [-0.2, -0.15) is 13.2 Å². The quantitative estimate of drug-likeness (QED) is 0.707. The van der Waals surface area contributed by atoms with E-state index in [-0.39, 0.29) is 11.1 Å². The van der Waals surface area contributed by atoms with E-state index >= 15 is 0 Å². The molecule has 1 N–H and O–H groups in total. The predicted molar refractivity (Wildman–Crippen MR) is 71.8 cm³/mol. The van der Waals surface area contributed by atoms with Crippen LogP contribution in [0.4, 0.5) is 13.2 Å². The maximum atomic E-state index is 12.8. The summed E-state index contributed by atoms with van der Waals surface area (Å²) in [4.78, 5) is 14.3. The Morgan fingerprint density at radius 1 is 1.17 bits per heavy atom. The predicted octanol–water partition coefficient (Wildman–Crippen LogP) is 3.77. The van der Waals surface area contributed by atoms with E-state index in [2.05, 4.69) is 4.98 Å². The highest BCUT2D eigenvalue weighted by Gasteiger charge is 2.35. The number of hydrogen-bond acceptors (Lipinski definition) is 1. The molecule has 0 fully saturated rings. The molecule has 6 heteroatoms. The molecule has 0 bridgehead atoms. The van der Waals surface area contributed by atoms with Gasteiger partial charge in [-0.3, -0.25) is 4.79 Å². The first kappa shape index (κ1) is 13.4. The fourth-order valence-electron chi connectivity index (χ4n) is 1.85. The lowest BCUT2D eigenvalue weighted by Gasteiger charge is -2.13. The summed E-state index contributed by atoms with van der Waals surface area (Å²) < 4.78 is 39.3. The van der Waals surface area contributed by atoms with Crippen LogP contribution in [-0.4, -0.2) is 4.98 Å². The van der Waals surface area contributed by atoms with E-state index in [1.807, 2.05) is 22.6 Å². The molecule has 2 rings (SSSR count).